The number of likely N-dealkylation sites (tertiary alicyclic amines) is 1. The van der Waals surface area contributed by atoms with Gasteiger partial charge in [-0.3, -0.25) is 9.36 Å². The zero-order valence-electron chi connectivity index (χ0n) is 20.1. The zero-order chi connectivity index (χ0) is 25.7. The smallest absolute Gasteiger partial charge is 0.323 e. The number of ketones is 1. The summed E-state index contributed by atoms with van der Waals surface area (Å²) in [6, 6.07) is 12.7. The third kappa shape index (κ3) is 5.70. The highest BCUT2D eigenvalue weighted by molar-refractivity contribution is 6.30. The largest absolute Gasteiger partial charge is 0.383 e. The van der Waals surface area contributed by atoms with E-state index >= 15 is 0 Å². The molecule has 0 saturated carbocycles. The normalized spacial score (nSPS) is 17.4. The number of carbonyl (C=O) groups excluding carboxylic acids is 3. The minimum absolute atomic E-state index is 0.0305. The van der Waals surface area contributed by atoms with E-state index in [0.29, 0.717) is 54.2 Å². The van der Waals surface area contributed by atoms with Crippen molar-refractivity contribution < 1.29 is 19.1 Å². The highest BCUT2D eigenvalue weighted by atomic mass is 35.5. The number of primary amides is 1. The number of aryl methyl sites for hydroxylation is 1. The molecule has 3 aromatic rings. The topological polar surface area (TPSA) is 119 Å². The molecule has 9 nitrogen and oxygen atoms in total. The number of anilines is 1. The number of benzene rings is 2. The number of hydrogen-bond donors (Lipinski definition) is 3. The summed E-state index contributed by atoms with van der Waals surface area (Å²) in [5.74, 6) is -0.0305. The predicted molar refractivity (Wildman–Crippen MR) is 139 cm³/mol. The highest BCUT2D eigenvalue weighted by Crippen LogP contribution is 2.28. The number of Topliss-reactive ketones (excluding diaryl/α,β-unsaturated/α-hetero) is 1. The number of fused-ring (bicyclic) bond motifs is 1. The van der Waals surface area contributed by atoms with Crippen molar-refractivity contribution in [1.29, 1.82) is 0 Å². The quantitative estimate of drug-likeness (QED) is 0.379. The van der Waals surface area contributed by atoms with Gasteiger partial charge in [-0.1, -0.05) is 41.9 Å². The fraction of sp³-hybridized carbons (Fsp3) is 0.346. The second-order valence-corrected chi connectivity index (χ2v) is 9.21. The first-order valence-corrected chi connectivity index (χ1v) is 12.2. The van der Waals surface area contributed by atoms with Crippen LogP contribution in [-0.4, -0.2) is 66.2 Å². The molecule has 3 amide bonds. The molecule has 0 spiro atoms. The number of aromatic nitrogens is 1. The predicted octanol–water partition coefficient (Wildman–Crippen LogP) is 3.63. The Morgan fingerprint density at radius 3 is 2.72 bits per heavy atom. The Morgan fingerprint density at radius 1 is 1.17 bits per heavy atom. The monoisotopic (exact) mass is 511 g/mol. The van der Waals surface area contributed by atoms with Gasteiger partial charge < -0.3 is 26.0 Å². The van der Waals surface area contributed by atoms with Crippen molar-refractivity contribution >= 4 is 46.0 Å². The number of nitrogens with one attached hydrogen (secondary N) is 2. The first-order chi connectivity index (χ1) is 17.4. The van der Waals surface area contributed by atoms with Crippen LogP contribution < -0.4 is 16.4 Å². The summed E-state index contributed by atoms with van der Waals surface area (Å²) in [5.41, 5.74) is 7.52. The lowest BCUT2D eigenvalue weighted by Gasteiger charge is -2.28. The van der Waals surface area contributed by atoms with Gasteiger partial charge in [-0.25, -0.2) is 9.59 Å². The second kappa shape index (κ2) is 11.6. The van der Waals surface area contributed by atoms with Crippen LogP contribution in [0.5, 0.6) is 0 Å². The molecule has 2 aromatic carbocycles. The van der Waals surface area contributed by atoms with Crippen LogP contribution in [0.25, 0.3) is 10.9 Å². The first-order valence-electron chi connectivity index (χ1n) is 11.9. The van der Waals surface area contributed by atoms with E-state index in [-0.39, 0.29) is 18.2 Å². The second-order valence-electron chi connectivity index (χ2n) is 8.77. The summed E-state index contributed by atoms with van der Waals surface area (Å²) in [5, 5.41) is 7.56. The third-order valence-electron chi connectivity index (χ3n) is 6.44. The molecule has 10 heteroatoms. The van der Waals surface area contributed by atoms with Crippen LogP contribution in [0.3, 0.4) is 0 Å². The minimum atomic E-state index is -0.649. The van der Waals surface area contributed by atoms with Crippen molar-refractivity contribution in [3.8, 4) is 0 Å². The maximum atomic E-state index is 13.4. The van der Waals surface area contributed by atoms with Gasteiger partial charge in [0, 0.05) is 49.3 Å². The van der Waals surface area contributed by atoms with Crippen LogP contribution in [0.15, 0.2) is 54.7 Å². The molecule has 1 aromatic heterocycles. The lowest BCUT2D eigenvalue weighted by molar-refractivity contribution is -0.123. The SMILES string of the molecule is COCCN[C@@H]1CCN(C(=O)Nc2cn(C(N)=O)c3ccccc23)[C@@H]1C(=O)CCc1cccc(Cl)c1. The molecule has 0 radical (unpaired) electrons. The number of nitrogens with zero attached hydrogens (tertiary/aromatic N) is 2. The molecule has 2 heterocycles. The van der Waals surface area contributed by atoms with E-state index in [4.69, 9.17) is 22.1 Å². The van der Waals surface area contributed by atoms with Crippen molar-refractivity contribution in [3.05, 3.63) is 65.3 Å². The molecule has 4 N–H and O–H groups in total. The number of halogens is 1. The Hall–Kier alpha value is -3.40. The Bertz CT molecular complexity index is 1260. The van der Waals surface area contributed by atoms with E-state index in [1.807, 2.05) is 24.3 Å². The summed E-state index contributed by atoms with van der Waals surface area (Å²) in [6.07, 6.45) is 2.94. The van der Waals surface area contributed by atoms with Gasteiger partial charge in [-0.15, -0.1) is 0 Å². The van der Waals surface area contributed by atoms with E-state index < -0.39 is 18.1 Å². The van der Waals surface area contributed by atoms with Gasteiger partial charge in [0.25, 0.3) is 0 Å². The molecule has 0 aliphatic carbocycles. The Morgan fingerprint density at radius 2 is 1.97 bits per heavy atom. The maximum absolute atomic E-state index is 13.4. The minimum Gasteiger partial charge on any atom is -0.383 e. The van der Waals surface area contributed by atoms with Gasteiger partial charge in [-0.2, -0.15) is 0 Å². The number of rotatable bonds is 9. The van der Waals surface area contributed by atoms with E-state index in [1.165, 1.54) is 10.8 Å². The summed E-state index contributed by atoms with van der Waals surface area (Å²) in [4.78, 5) is 40.3. The van der Waals surface area contributed by atoms with Crippen molar-refractivity contribution in [3.63, 3.8) is 0 Å². The number of para-hydroxylation sites is 1. The molecule has 36 heavy (non-hydrogen) atoms. The van der Waals surface area contributed by atoms with Crippen molar-refractivity contribution in [1.82, 2.24) is 14.8 Å². The van der Waals surface area contributed by atoms with Gasteiger partial charge in [0.1, 0.15) is 6.04 Å². The van der Waals surface area contributed by atoms with E-state index in [9.17, 15) is 14.4 Å². The lowest BCUT2D eigenvalue weighted by Crippen LogP contribution is -2.51. The number of carbonyl (C=O) groups is 3. The molecule has 1 aliphatic heterocycles. The van der Waals surface area contributed by atoms with E-state index in [2.05, 4.69) is 10.6 Å². The molecular formula is C26H30ClN5O4. The van der Waals surface area contributed by atoms with Gasteiger partial charge in [0.05, 0.1) is 17.8 Å². The molecular weight excluding hydrogens is 482 g/mol. The number of amides is 3. The van der Waals surface area contributed by atoms with Gasteiger partial charge >= 0.3 is 12.1 Å². The fourth-order valence-corrected chi connectivity index (χ4v) is 4.95. The highest BCUT2D eigenvalue weighted by Gasteiger charge is 2.41. The average molecular weight is 512 g/mol. The van der Waals surface area contributed by atoms with Crippen LogP contribution in [-0.2, 0) is 16.0 Å². The molecule has 2 atom stereocenters. The van der Waals surface area contributed by atoms with E-state index in [0.717, 1.165) is 5.56 Å². The van der Waals surface area contributed by atoms with Crippen molar-refractivity contribution in [2.24, 2.45) is 5.73 Å². The van der Waals surface area contributed by atoms with Crippen LogP contribution in [0.4, 0.5) is 15.3 Å². The third-order valence-corrected chi connectivity index (χ3v) is 6.68. The number of ether oxygens (including phenoxy) is 1. The molecule has 4 rings (SSSR count). The van der Waals surface area contributed by atoms with Gasteiger partial charge in [-0.05, 0) is 36.6 Å². The summed E-state index contributed by atoms with van der Waals surface area (Å²) < 4.78 is 6.43. The summed E-state index contributed by atoms with van der Waals surface area (Å²) in [6.45, 7) is 1.48. The summed E-state index contributed by atoms with van der Waals surface area (Å²) in [7, 11) is 1.62. The fourth-order valence-electron chi connectivity index (χ4n) is 4.73. The van der Waals surface area contributed by atoms with Crippen LogP contribution in [0.2, 0.25) is 5.02 Å². The molecule has 1 fully saturated rings. The average Bonchev–Trinajstić information content (AvgIpc) is 3.45. The Labute approximate surface area is 214 Å². The number of urea groups is 1. The molecule has 0 bridgehead atoms. The number of hydrogen-bond acceptors (Lipinski definition) is 5. The van der Waals surface area contributed by atoms with Crippen molar-refractivity contribution in [2.45, 2.75) is 31.3 Å². The number of methoxy groups -OCH3 is 1. The Balaban J connectivity index is 1.53. The Kier molecular flexibility index (Phi) is 8.25. The maximum Gasteiger partial charge on any atom is 0.323 e. The van der Waals surface area contributed by atoms with Gasteiger partial charge in [0.2, 0.25) is 0 Å². The molecule has 0 unspecified atom stereocenters. The number of nitrogens with two attached hydrogens (primary N) is 1. The molecule has 1 saturated heterocycles. The summed E-state index contributed by atoms with van der Waals surface area (Å²) >= 11 is 6.09. The van der Waals surface area contributed by atoms with Crippen LogP contribution in [0, 0.1) is 0 Å². The van der Waals surface area contributed by atoms with Gasteiger partial charge in [0.15, 0.2) is 5.78 Å². The van der Waals surface area contributed by atoms with Crippen LogP contribution in [0.1, 0.15) is 18.4 Å². The lowest BCUT2D eigenvalue weighted by atomic mass is 9.98. The standard InChI is InChI=1S/C26H30ClN5O4/c1-36-14-12-29-20-11-13-31(24(20)23(33)10-9-17-5-4-6-18(27)15-17)26(35)30-21-16-32(25(28)34)22-8-3-2-7-19(21)22/h2-8,15-16,20,24,29H,9-14H2,1H3,(H2,28,34)(H,30,35)/t20-,24+/m1/s1. The van der Waals surface area contributed by atoms with Crippen molar-refractivity contribution in [2.75, 3.05) is 32.1 Å². The first kappa shape index (κ1) is 25.7. The molecule has 1 aliphatic rings. The van der Waals surface area contributed by atoms with E-state index in [1.54, 1.807) is 36.3 Å². The molecule has 190 valence electrons. The zero-order valence-corrected chi connectivity index (χ0v) is 20.8. The van der Waals surface area contributed by atoms with Crippen LogP contribution >= 0.6 is 11.6 Å².